The van der Waals surface area contributed by atoms with E-state index in [0.717, 1.165) is 31.7 Å². The lowest BCUT2D eigenvalue weighted by molar-refractivity contribution is -0.120. The molecule has 2 fully saturated rings. The van der Waals surface area contributed by atoms with Crippen LogP contribution in [0.2, 0.25) is 0 Å². The summed E-state index contributed by atoms with van der Waals surface area (Å²) >= 11 is 2.00. The highest BCUT2D eigenvalue weighted by molar-refractivity contribution is 8.00. The molecule has 1 spiro atoms. The van der Waals surface area contributed by atoms with Crippen LogP contribution in [-0.4, -0.2) is 41.3 Å². The number of hydrogen-bond acceptors (Lipinski definition) is 3. The predicted molar refractivity (Wildman–Crippen MR) is 46.9 cm³/mol. The molecule has 11 heavy (non-hydrogen) atoms. The Morgan fingerprint density at radius 1 is 1.55 bits per heavy atom. The van der Waals surface area contributed by atoms with Gasteiger partial charge in [-0.2, -0.15) is 11.8 Å². The highest BCUT2D eigenvalue weighted by atomic mass is 32.2. The van der Waals surface area contributed by atoms with Gasteiger partial charge in [-0.15, -0.1) is 0 Å². The van der Waals surface area contributed by atoms with Gasteiger partial charge in [0.05, 0.1) is 0 Å². The van der Waals surface area contributed by atoms with Gasteiger partial charge in [-0.05, 0) is 7.05 Å². The van der Waals surface area contributed by atoms with Crippen molar-refractivity contribution in [3.8, 4) is 0 Å². The molecule has 0 radical (unpaired) electrons. The average Bonchev–Trinajstić information content (AvgIpc) is 1.84. The Morgan fingerprint density at radius 3 is 2.82 bits per heavy atom. The lowest BCUT2D eigenvalue weighted by atomic mass is 9.92. The van der Waals surface area contributed by atoms with E-state index >= 15 is 0 Å². The normalized spacial score (nSPS) is 30.5. The lowest BCUT2D eigenvalue weighted by Gasteiger charge is -2.49. The number of likely N-dealkylation sites (tertiary alicyclic amines) is 1. The summed E-state index contributed by atoms with van der Waals surface area (Å²) in [6.07, 6.45) is 1.62. The zero-order chi connectivity index (χ0) is 7.90. The van der Waals surface area contributed by atoms with E-state index in [4.69, 9.17) is 0 Å². The van der Waals surface area contributed by atoms with E-state index in [1.807, 2.05) is 11.8 Å². The quantitative estimate of drug-likeness (QED) is 0.537. The highest BCUT2D eigenvalue weighted by Gasteiger charge is 2.44. The second kappa shape index (κ2) is 2.49. The molecule has 0 bridgehead atoms. The summed E-state index contributed by atoms with van der Waals surface area (Å²) in [7, 11) is 2.12. The highest BCUT2D eigenvalue weighted by Crippen LogP contribution is 2.41. The maximum atomic E-state index is 11.1. The van der Waals surface area contributed by atoms with Crippen molar-refractivity contribution in [2.24, 2.45) is 0 Å². The van der Waals surface area contributed by atoms with Crippen LogP contribution in [0.25, 0.3) is 0 Å². The zero-order valence-electron chi connectivity index (χ0n) is 6.80. The van der Waals surface area contributed by atoms with Crippen molar-refractivity contribution in [3.05, 3.63) is 0 Å². The van der Waals surface area contributed by atoms with E-state index in [2.05, 4.69) is 11.9 Å². The number of nitrogens with zero attached hydrogens (tertiary/aromatic N) is 1. The largest absolute Gasteiger partial charge is 0.303 e. The Bertz CT molecular complexity index is 181. The SMILES string of the molecule is CN1CC2(CC(=O)CCS2)C1. The molecule has 0 amide bonds. The van der Waals surface area contributed by atoms with Crippen molar-refractivity contribution in [2.75, 3.05) is 25.9 Å². The number of thioether (sulfide) groups is 1. The molecule has 0 aliphatic carbocycles. The molecule has 0 aromatic heterocycles. The first-order chi connectivity index (χ1) is 5.20. The molecule has 2 aliphatic heterocycles. The van der Waals surface area contributed by atoms with Gasteiger partial charge in [-0.3, -0.25) is 4.79 Å². The van der Waals surface area contributed by atoms with E-state index in [1.54, 1.807) is 0 Å². The topological polar surface area (TPSA) is 20.3 Å². The summed E-state index contributed by atoms with van der Waals surface area (Å²) in [6, 6.07) is 0. The second-order valence-electron chi connectivity index (χ2n) is 3.67. The van der Waals surface area contributed by atoms with E-state index in [1.165, 1.54) is 0 Å². The molecule has 2 heterocycles. The van der Waals surface area contributed by atoms with Crippen molar-refractivity contribution >= 4 is 17.5 Å². The van der Waals surface area contributed by atoms with E-state index in [-0.39, 0.29) is 0 Å². The summed E-state index contributed by atoms with van der Waals surface area (Å²) in [6.45, 7) is 2.23. The Hall–Kier alpha value is -0.0200. The minimum absolute atomic E-state index is 0.337. The summed E-state index contributed by atoms with van der Waals surface area (Å²) in [4.78, 5) is 13.4. The van der Waals surface area contributed by atoms with Crippen LogP contribution in [0, 0.1) is 0 Å². The molecular weight excluding hydrogens is 158 g/mol. The Morgan fingerprint density at radius 2 is 2.27 bits per heavy atom. The first-order valence-corrected chi connectivity index (χ1v) is 5.03. The fraction of sp³-hybridized carbons (Fsp3) is 0.875. The maximum absolute atomic E-state index is 11.1. The molecule has 0 saturated carbocycles. The van der Waals surface area contributed by atoms with Gasteiger partial charge < -0.3 is 4.90 Å². The van der Waals surface area contributed by atoms with Gasteiger partial charge in [0.2, 0.25) is 0 Å². The molecule has 62 valence electrons. The lowest BCUT2D eigenvalue weighted by Crippen LogP contribution is -2.59. The monoisotopic (exact) mass is 171 g/mol. The van der Waals surface area contributed by atoms with Gasteiger partial charge in [0.15, 0.2) is 0 Å². The maximum Gasteiger partial charge on any atom is 0.135 e. The third-order valence-corrected chi connectivity index (χ3v) is 3.85. The molecule has 0 N–H and O–H groups in total. The first kappa shape index (κ1) is 7.62. The first-order valence-electron chi connectivity index (χ1n) is 4.04. The fourth-order valence-electron chi connectivity index (χ4n) is 2.02. The smallest absolute Gasteiger partial charge is 0.135 e. The van der Waals surface area contributed by atoms with Crippen LogP contribution >= 0.6 is 11.8 Å². The molecule has 2 saturated heterocycles. The van der Waals surface area contributed by atoms with Gasteiger partial charge >= 0.3 is 0 Å². The van der Waals surface area contributed by atoms with Crippen molar-refractivity contribution in [1.29, 1.82) is 0 Å². The van der Waals surface area contributed by atoms with Gasteiger partial charge in [0, 0.05) is 36.4 Å². The number of hydrogen-bond donors (Lipinski definition) is 0. The number of rotatable bonds is 0. The van der Waals surface area contributed by atoms with Gasteiger partial charge in [-0.1, -0.05) is 0 Å². The average molecular weight is 171 g/mol. The Labute approximate surface area is 71.3 Å². The molecule has 0 aromatic carbocycles. The van der Waals surface area contributed by atoms with Gasteiger partial charge in [0.25, 0.3) is 0 Å². The summed E-state index contributed by atoms with van der Waals surface area (Å²) in [5.41, 5.74) is 0. The number of ketones is 1. The zero-order valence-corrected chi connectivity index (χ0v) is 7.62. The molecule has 2 aliphatic rings. The van der Waals surface area contributed by atoms with Crippen LogP contribution < -0.4 is 0 Å². The van der Waals surface area contributed by atoms with Crippen LogP contribution in [-0.2, 0) is 4.79 Å². The van der Waals surface area contributed by atoms with Crippen LogP contribution in [0.15, 0.2) is 0 Å². The summed E-state index contributed by atoms with van der Waals surface area (Å²) < 4.78 is 0.337. The van der Waals surface area contributed by atoms with E-state index in [0.29, 0.717) is 10.5 Å². The Balaban J connectivity index is 1.98. The number of carbonyl (C=O) groups is 1. The standard InChI is InChI=1S/C8H13NOS/c1-9-5-8(6-9)4-7(10)2-3-11-8/h2-6H2,1H3. The Kier molecular flexibility index (Phi) is 1.72. The van der Waals surface area contributed by atoms with E-state index in [9.17, 15) is 4.79 Å². The van der Waals surface area contributed by atoms with Crippen molar-refractivity contribution in [1.82, 2.24) is 4.90 Å². The minimum atomic E-state index is 0.337. The molecule has 2 rings (SSSR count). The molecule has 2 nitrogen and oxygen atoms in total. The van der Waals surface area contributed by atoms with Crippen molar-refractivity contribution in [3.63, 3.8) is 0 Å². The molecule has 0 atom stereocenters. The number of Topliss-reactive ketones (excluding diaryl/α,β-unsaturated/α-hetero) is 1. The van der Waals surface area contributed by atoms with Crippen LogP contribution in [0.3, 0.4) is 0 Å². The van der Waals surface area contributed by atoms with Crippen LogP contribution in [0.5, 0.6) is 0 Å². The van der Waals surface area contributed by atoms with Crippen LogP contribution in [0.4, 0.5) is 0 Å². The van der Waals surface area contributed by atoms with Crippen molar-refractivity contribution < 1.29 is 4.79 Å². The second-order valence-corrected chi connectivity index (χ2v) is 5.23. The van der Waals surface area contributed by atoms with Crippen molar-refractivity contribution in [2.45, 2.75) is 17.6 Å². The minimum Gasteiger partial charge on any atom is -0.303 e. The van der Waals surface area contributed by atoms with E-state index < -0.39 is 0 Å². The van der Waals surface area contributed by atoms with Crippen LogP contribution in [0.1, 0.15) is 12.8 Å². The third kappa shape index (κ3) is 1.32. The number of carbonyl (C=O) groups excluding carboxylic acids is 1. The van der Waals surface area contributed by atoms with Gasteiger partial charge in [-0.25, -0.2) is 0 Å². The molecule has 3 heteroatoms. The molecule has 0 unspecified atom stereocenters. The fourth-order valence-corrected chi connectivity index (χ4v) is 3.67. The summed E-state index contributed by atoms with van der Waals surface area (Å²) in [5, 5.41) is 0. The predicted octanol–water partition coefficient (Wildman–Crippen LogP) is 0.767. The van der Waals surface area contributed by atoms with Gasteiger partial charge in [0.1, 0.15) is 5.78 Å². The molecule has 0 aromatic rings. The third-order valence-electron chi connectivity index (χ3n) is 2.42. The molecular formula is C8H13NOS. The summed E-state index contributed by atoms with van der Waals surface area (Å²) in [5.74, 6) is 1.52.